The average molecular weight is 275 g/mol. The van der Waals surface area contributed by atoms with Gasteiger partial charge in [0.1, 0.15) is 0 Å². The third-order valence-corrected chi connectivity index (χ3v) is 4.82. The quantitative estimate of drug-likeness (QED) is 0.836. The van der Waals surface area contributed by atoms with Gasteiger partial charge in [-0.2, -0.15) is 0 Å². The Kier molecular flexibility index (Phi) is 5.84. The first-order valence-corrected chi connectivity index (χ1v) is 8.16. The van der Waals surface area contributed by atoms with Crippen LogP contribution in [0.25, 0.3) is 0 Å². The number of nitrogens with zero attached hydrogens (tertiary/aromatic N) is 1. The maximum atomic E-state index is 6.08. The van der Waals surface area contributed by atoms with Crippen molar-refractivity contribution in [3.63, 3.8) is 0 Å². The number of likely N-dealkylation sites (N-methyl/N-ethyl adjacent to an activating group) is 1. The molecule has 0 saturated heterocycles. The van der Waals surface area contributed by atoms with Crippen molar-refractivity contribution >= 4 is 5.69 Å². The molecule has 0 spiro atoms. The topological polar surface area (TPSA) is 50.9 Å². The van der Waals surface area contributed by atoms with E-state index in [1.165, 1.54) is 37.7 Å². The first-order valence-electron chi connectivity index (χ1n) is 8.16. The second-order valence-corrected chi connectivity index (χ2v) is 6.14. The fraction of sp³-hybridized carbons (Fsp3) is 0.706. The van der Waals surface area contributed by atoms with Gasteiger partial charge in [0.25, 0.3) is 0 Å². The largest absolute Gasteiger partial charge is 0.398 e. The van der Waals surface area contributed by atoms with Gasteiger partial charge in [0.15, 0.2) is 0 Å². The van der Waals surface area contributed by atoms with Gasteiger partial charge in [0.05, 0.1) is 0 Å². The molecule has 1 aromatic rings. The first kappa shape index (κ1) is 15.3. The van der Waals surface area contributed by atoms with Crippen LogP contribution in [0.1, 0.15) is 51.5 Å². The van der Waals surface area contributed by atoms with E-state index in [9.17, 15) is 0 Å². The van der Waals surface area contributed by atoms with E-state index in [2.05, 4.69) is 24.1 Å². The van der Waals surface area contributed by atoms with Crippen molar-refractivity contribution < 1.29 is 0 Å². The zero-order valence-electron chi connectivity index (χ0n) is 12.9. The highest BCUT2D eigenvalue weighted by molar-refractivity contribution is 5.44. The lowest BCUT2D eigenvalue weighted by Crippen LogP contribution is -2.40. The fourth-order valence-corrected chi connectivity index (χ4v) is 3.58. The van der Waals surface area contributed by atoms with Crippen molar-refractivity contribution in [2.24, 2.45) is 11.8 Å². The van der Waals surface area contributed by atoms with E-state index in [-0.39, 0.29) is 0 Å². The van der Waals surface area contributed by atoms with Gasteiger partial charge >= 0.3 is 0 Å². The molecule has 1 aromatic heterocycles. The number of nitrogen functional groups attached to an aromatic ring is 1. The number of nitrogens with two attached hydrogens (primary N) is 1. The average Bonchev–Trinajstić information content (AvgIpc) is 2.49. The Hall–Kier alpha value is -1.09. The predicted molar refractivity (Wildman–Crippen MR) is 85.6 cm³/mol. The van der Waals surface area contributed by atoms with Crippen LogP contribution < -0.4 is 11.1 Å². The summed E-state index contributed by atoms with van der Waals surface area (Å²) < 4.78 is 0. The SMILES string of the molecule is CCNC(Cc1cnccc1N)C1CCCC(CC)C1. The van der Waals surface area contributed by atoms with Crippen molar-refractivity contribution in [3.05, 3.63) is 24.0 Å². The van der Waals surface area contributed by atoms with Gasteiger partial charge in [-0.25, -0.2) is 0 Å². The molecule has 0 aromatic carbocycles. The van der Waals surface area contributed by atoms with Gasteiger partial charge in [0.2, 0.25) is 0 Å². The van der Waals surface area contributed by atoms with Crippen LogP contribution in [0.2, 0.25) is 0 Å². The molecule has 1 saturated carbocycles. The third-order valence-electron chi connectivity index (χ3n) is 4.82. The number of pyridine rings is 1. The van der Waals surface area contributed by atoms with E-state index in [1.54, 1.807) is 6.20 Å². The summed E-state index contributed by atoms with van der Waals surface area (Å²) in [7, 11) is 0. The number of aromatic nitrogens is 1. The summed E-state index contributed by atoms with van der Waals surface area (Å²) in [6.07, 6.45) is 11.6. The predicted octanol–water partition coefficient (Wildman–Crippen LogP) is 3.40. The van der Waals surface area contributed by atoms with E-state index in [0.29, 0.717) is 6.04 Å². The Morgan fingerprint density at radius 2 is 2.25 bits per heavy atom. The minimum atomic E-state index is 0.542. The Labute approximate surface area is 123 Å². The summed E-state index contributed by atoms with van der Waals surface area (Å²) in [6, 6.07) is 2.45. The monoisotopic (exact) mass is 275 g/mol. The molecule has 112 valence electrons. The van der Waals surface area contributed by atoms with Crippen LogP contribution in [0.3, 0.4) is 0 Å². The van der Waals surface area contributed by atoms with E-state index < -0.39 is 0 Å². The minimum absolute atomic E-state index is 0.542. The number of nitrogens with one attached hydrogen (secondary N) is 1. The molecule has 0 radical (unpaired) electrons. The molecule has 1 aliphatic rings. The van der Waals surface area contributed by atoms with Crippen molar-refractivity contribution in [1.82, 2.24) is 10.3 Å². The molecule has 0 amide bonds. The van der Waals surface area contributed by atoms with Crippen LogP contribution in [0.4, 0.5) is 5.69 Å². The molecule has 1 heterocycles. The number of hydrogen-bond acceptors (Lipinski definition) is 3. The van der Waals surface area contributed by atoms with Crippen LogP contribution in [-0.4, -0.2) is 17.6 Å². The second kappa shape index (κ2) is 7.63. The second-order valence-electron chi connectivity index (χ2n) is 6.14. The van der Waals surface area contributed by atoms with Gasteiger partial charge in [-0.05, 0) is 49.3 Å². The van der Waals surface area contributed by atoms with Gasteiger partial charge in [-0.3, -0.25) is 4.98 Å². The van der Waals surface area contributed by atoms with Crippen LogP contribution in [0, 0.1) is 11.8 Å². The van der Waals surface area contributed by atoms with E-state index >= 15 is 0 Å². The highest BCUT2D eigenvalue weighted by Crippen LogP contribution is 2.34. The summed E-state index contributed by atoms with van der Waals surface area (Å²) in [5.41, 5.74) is 8.15. The Balaban J connectivity index is 2.04. The summed E-state index contributed by atoms with van der Waals surface area (Å²) in [4.78, 5) is 4.23. The van der Waals surface area contributed by atoms with E-state index in [0.717, 1.165) is 30.5 Å². The number of hydrogen-bond donors (Lipinski definition) is 2. The molecule has 0 bridgehead atoms. The number of rotatable bonds is 6. The molecule has 20 heavy (non-hydrogen) atoms. The number of anilines is 1. The summed E-state index contributed by atoms with van der Waals surface area (Å²) in [5.74, 6) is 1.70. The van der Waals surface area contributed by atoms with Gasteiger partial charge in [0, 0.05) is 24.1 Å². The van der Waals surface area contributed by atoms with E-state index in [4.69, 9.17) is 5.73 Å². The molecular formula is C17H29N3. The molecule has 1 aliphatic carbocycles. The molecule has 3 heteroatoms. The zero-order chi connectivity index (χ0) is 14.4. The van der Waals surface area contributed by atoms with Crippen LogP contribution >= 0.6 is 0 Å². The van der Waals surface area contributed by atoms with Crippen LogP contribution in [0.5, 0.6) is 0 Å². The van der Waals surface area contributed by atoms with Gasteiger partial charge < -0.3 is 11.1 Å². The van der Waals surface area contributed by atoms with Crippen molar-refractivity contribution in [1.29, 1.82) is 0 Å². The molecule has 3 N–H and O–H groups in total. The third kappa shape index (κ3) is 3.95. The highest BCUT2D eigenvalue weighted by atomic mass is 14.9. The molecule has 3 nitrogen and oxygen atoms in total. The fourth-order valence-electron chi connectivity index (χ4n) is 3.58. The first-order chi connectivity index (χ1) is 9.74. The normalized spacial score (nSPS) is 24.5. The van der Waals surface area contributed by atoms with Crippen LogP contribution in [-0.2, 0) is 6.42 Å². The maximum absolute atomic E-state index is 6.08. The standard InChI is InChI=1S/C17H29N3/c1-3-13-6-5-7-14(10-13)17(20-4-2)11-15-12-19-9-8-16(15)18/h8-9,12-14,17,20H,3-7,10-11H2,1-2H3,(H2,18,19). The lowest BCUT2D eigenvalue weighted by Gasteiger charge is -2.35. The molecule has 3 atom stereocenters. The van der Waals surface area contributed by atoms with Crippen molar-refractivity contribution in [2.75, 3.05) is 12.3 Å². The molecule has 1 fully saturated rings. The molecule has 2 rings (SSSR count). The van der Waals surface area contributed by atoms with Gasteiger partial charge in [-0.15, -0.1) is 0 Å². The summed E-state index contributed by atoms with van der Waals surface area (Å²) >= 11 is 0. The van der Waals surface area contributed by atoms with Crippen molar-refractivity contribution in [3.8, 4) is 0 Å². The Bertz CT molecular complexity index is 405. The van der Waals surface area contributed by atoms with Crippen molar-refractivity contribution in [2.45, 2.75) is 58.4 Å². The molecule has 3 unspecified atom stereocenters. The maximum Gasteiger partial charge on any atom is 0.0378 e. The lowest BCUT2D eigenvalue weighted by atomic mass is 9.75. The summed E-state index contributed by atoms with van der Waals surface area (Å²) in [5, 5.41) is 3.69. The minimum Gasteiger partial charge on any atom is -0.398 e. The zero-order valence-corrected chi connectivity index (χ0v) is 12.9. The highest BCUT2D eigenvalue weighted by Gasteiger charge is 2.27. The summed E-state index contributed by atoms with van der Waals surface area (Å²) in [6.45, 7) is 5.55. The van der Waals surface area contributed by atoms with Crippen LogP contribution in [0.15, 0.2) is 18.5 Å². The van der Waals surface area contributed by atoms with Gasteiger partial charge in [-0.1, -0.05) is 33.1 Å². The lowest BCUT2D eigenvalue weighted by molar-refractivity contribution is 0.208. The van der Waals surface area contributed by atoms with E-state index in [1.807, 2.05) is 12.3 Å². The Morgan fingerprint density at radius 1 is 1.40 bits per heavy atom. The molecule has 0 aliphatic heterocycles. The smallest absolute Gasteiger partial charge is 0.0378 e. The Morgan fingerprint density at radius 3 is 2.95 bits per heavy atom. The molecular weight excluding hydrogens is 246 g/mol.